The molecule has 0 fully saturated rings. The van der Waals surface area contributed by atoms with Crippen molar-refractivity contribution in [3.8, 4) is 10.6 Å². The van der Waals surface area contributed by atoms with Gasteiger partial charge >= 0.3 is 0 Å². The largest absolute Gasteiger partial charge is 0.344 e. The predicted octanol–water partition coefficient (Wildman–Crippen LogP) is 2.59. The van der Waals surface area contributed by atoms with Crippen LogP contribution in [0.15, 0.2) is 30.3 Å². The van der Waals surface area contributed by atoms with Crippen molar-refractivity contribution >= 4 is 17.2 Å². The normalized spacial score (nSPS) is 13.0. The van der Waals surface area contributed by atoms with E-state index in [9.17, 15) is 4.79 Å². The molecule has 0 atom stereocenters. The third kappa shape index (κ3) is 2.71. The van der Waals surface area contributed by atoms with Crippen molar-refractivity contribution < 1.29 is 4.79 Å². The molecule has 24 heavy (non-hydrogen) atoms. The standard InChI is InChI=1S/C17H17N5OS/c1-11-15(24-17(19-11)12-6-3-2-4-7-12)16(23)18-10-14-21-20-13-8-5-9-22(13)14/h2-4,6-7H,5,8-10H2,1H3,(H,18,23). The van der Waals surface area contributed by atoms with E-state index in [0.717, 1.165) is 47.3 Å². The minimum Gasteiger partial charge on any atom is -0.344 e. The molecular formula is C17H17N5OS. The highest BCUT2D eigenvalue weighted by atomic mass is 32.1. The summed E-state index contributed by atoms with van der Waals surface area (Å²) < 4.78 is 2.09. The van der Waals surface area contributed by atoms with Gasteiger partial charge in [0.1, 0.15) is 15.7 Å². The van der Waals surface area contributed by atoms with Gasteiger partial charge in [-0.05, 0) is 13.3 Å². The summed E-state index contributed by atoms with van der Waals surface area (Å²) >= 11 is 1.42. The lowest BCUT2D eigenvalue weighted by Crippen LogP contribution is -2.24. The van der Waals surface area contributed by atoms with Crippen LogP contribution in [-0.4, -0.2) is 25.7 Å². The fourth-order valence-electron chi connectivity index (χ4n) is 2.89. The molecule has 1 N–H and O–H groups in total. The van der Waals surface area contributed by atoms with Crippen molar-refractivity contribution in [3.05, 3.63) is 52.6 Å². The van der Waals surface area contributed by atoms with Crippen LogP contribution in [0, 0.1) is 6.92 Å². The number of fused-ring (bicyclic) bond motifs is 1. The number of amides is 1. The molecule has 4 rings (SSSR count). The van der Waals surface area contributed by atoms with Crippen LogP contribution in [0.3, 0.4) is 0 Å². The molecule has 122 valence electrons. The number of nitrogens with zero attached hydrogens (tertiary/aromatic N) is 4. The summed E-state index contributed by atoms with van der Waals surface area (Å²) in [6, 6.07) is 9.91. The van der Waals surface area contributed by atoms with Gasteiger partial charge in [0.2, 0.25) is 0 Å². The second-order valence-corrected chi connectivity index (χ2v) is 6.77. The van der Waals surface area contributed by atoms with Crippen LogP contribution in [0.2, 0.25) is 0 Å². The SMILES string of the molecule is Cc1nc(-c2ccccc2)sc1C(=O)NCc1nnc2n1CCC2. The van der Waals surface area contributed by atoms with Crippen molar-refractivity contribution in [2.45, 2.75) is 32.9 Å². The van der Waals surface area contributed by atoms with Crippen LogP contribution in [0.5, 0.6) is 0 Å². The highest BCUT2D eigenvalue weighted by Crippen LogP contribution is 2.27. The Bertz CT molecular complexity index is 884. The van der Waals surface area contributed by atoms with E-state index in [4.69, 9.17) is 0 Å². The summed E-state index contributed by atoms with van der Waals surface area (Å²) in [6.07, 6.45) is 2.07. The van der Waals surface area contributed by atoms with Crippen molar-refractivity contribution in [1.82, 2.24) is 25.1 Å². The first-order valence-electron chi connectivity index (χ1n) is 7.94. The van der Waals surface area contributed by atoms with Crippen molar-refractivity contribution in [1.29, 1.82) is 0 Å². The van der Waals surface area contributed by atoms with Gasteiger partial charge in [0.15, 0.2) is 5.82 Å². The molecule has 0 saturated heterocycles. The van der Waals surface area contributed by atoms with Gasteiger partial charge in [-0.3, -0.25) is 4.79 Å². The quantitative estimate of drug-likeness (QED) is 0.793. The van der Waals surface area contributed by atoms with Gasteiger partial charge < -0.3 is 9.88 Å². The van der Waals surface area contributed by atoms with Crippen LogP contribution in [-0.2, 0) is 19.5 Å². The third-order valence-corrected chi connectivity index (χ3v) is 5.32. The van der Waals surface area contributed by atoms with Gasteiger partial charge in [0, 0.05) is 18.5 Å². The first kappa shape index (κ1) is 15.0. The summed E-state index contributed by atoms with van der Waals surface area (Å²) in [6.45, 7) is 3.20. The number of aryl methyl sites for hydroxylation is 2. The molecule has 0 aliphatic carbocycles. The number of hydrogen-bond acceptors (Lipinski definition) is 5. The molecule has 1 aliphatic heterocycles. The zero-order chi connectivity index (χ0) is 16.5. The monoisotopic (exact) mass is 339 g/mol. The second-order valence-electron chi connectivity index (χ2n) is 5.77. The van der Waals surface area contributed by atoms with Crippen LogP contribution < -0.4 is 5.32 Å². The molecule has 0 spiro atoms. The lowest BCUT2D eigenvalue weighted by Gasteiger charge is -2.04. The molecule has 0 unspecified atom stereocenters. The summed E-state index contributed by atoms with van der Waals surface area (Å²) in [5.41, 5.74) is 1.78. The number of carbonyl (C=O) groups excluding carboxylic acids is 1. The zero-order valence-electron chi connectivity index (χ0n) is 13.3. The van der Waals surface area contributed by atoms with Gasteiger partial charge in [0.05, 0.1) is 12.2 Å². The third-order valence-electron chi connectivity index (χ3n) is 4.12. The summed E-state index contributed by atoms with van der Waals surface area (Å²) in [5, 5.41) is 12.1. The summed E-state index contributed by atoms with van der Waals surface area (Å²) in [5.74, 6) is 1.73. The molecule has 3 heterocycles. The Morgan fingerprint density at radius 3 is 2.96 bits per heavy atom. The van der Waals surface area contributed by atoms with E-state index < -0.39 is 0 Å². The molecule has 0 radical (unpaired) electrons. The molecule has 6 nitrogen and oxygen atoms in total. The molecule has 2 aromatic heterocycles. The number of aromatic nitrogens is 4. The maximum Gasteiger partial charge on any atom is 0.263 e. The zero-order valence-corrected chi connectivity index (χ0v) is 14.1. The average molecular weight is 339 g/mol. The number of thiazole rings is 1. The topological polar surface area (TPSA) is 72.7 Å². The number of nitrogens with one attached hydrogen (secondary N) is 1. The molecule has 3 aromatic rings. The summed E-state index contributed by atoms with van der Waals surface area (Å²) in [7, 11) is 0. The smallest absolute Gasteiger partial charge is 0.263 e. The minimum atomic E-state index is -0.109. The number of carbonyl (C=O) groups is 1. The van der Waals surface area contributed by atoms with E-state index in [-0.39, 0.29) is 5.91 Å². The lowest BCUT2D eigenvalue weighted by atomic mass is 10.2. The molecule has 0 saturated carbocycles. The first-order valence-corrected chi connectivity index (χ1v) is 8.76. The minimum absolute atomic E-state index is 0.109. The fourth-order valence-corrected chi connectivity index (χ4v) is 3.88. The molecule has 1 amide bonds. The van der Waals surface area contributed by atoms with Crippen LogP contribution in [0.25, 0.3) is 10.6 Å². The Labute approximate surface area is 143 Å². The lowest BCUT2D eigenvalue weighted by molar-refractivity contribution is 0.0952. The Morgan fingerprint density at radius 1 is 1.29 bits per heavy atom. The van der Waals surface area contributed by atoms with E-state index in [1.807, 2.05) is 37.3 Å². The van der Waals surface area contributed by atoms with Gasteiger partial charge in [-0.15, -0.1) is 21.5 Å². The highest BCUT2D eigenvalue weighted by Gasteiger charge is 2.19. The Morgan fingerprint density at radius 2 is 2.12 bits per heavy atom. The maximum absolute atomic E-state index is 12.5. The summed E-state index contributed by atoms with van der Waals surface area (Å²) in [4.78, 5) is 17.7. The number of rotatable bonds is 4. The molecule has 1 aliphatic rings. The Balaban J connectivity index is 1.49. The van der Waals surface area contributed by atoms with E-state index >= 15 is 0 Å². The maximum atomic E-state index is 12.5. The average Bonchev–Trinajstić information content (AvgIpc) is 3.29. The fraction of sp³-hybridized carbons (Fsp3) is 0.294. The Hall–Kier alpha value is -2.54. The first-order chi connectivity index (χ1) is 11.7. The van der Waals surface area contributed by atoms with E-state index in [1.54, 1.807) is 0 Å². The van der Waals surface area contributed by atoms with Crippen LogP contribution >= 0.6 is 11.3 Å². The van der Waals surface area contributed by atoms with E-state index in [1.165, 1.54) is 11.3 Å². The van der Waals surface area contributed by atoms with Crippen LogP contribution in [0.4, 0.5) is 0 Å². The molecular weight excluding hydrogens is 322 g/mol. The van der Waals surface area contributed by atoms with Crippen molar-refractivity contribution in [2.24, 2.45) is 0 Å². The Kier molecular flexibility index (Phi) is 3.86. The van der Waals surface area contributed by atoms with E-state index in [2.05, 4.69) is 25.1 Å². The molecule has 1 aromatic carbocycles. The number of benzene rings is 1. The van der Waals surface area contributed by atoms with Gasteiger partial charge in [0.25, 0.3) is 5.91 Å². The van der Waals surface area contributed by atoms with Gasteiger partial charge in [-0.1, -0.05) is 30.3 Å². The van der Waals surface area contributed by atoms with Gasteiger partial charge in [-0.2, -0.15) is 0 Å². The van der Waals surface area contributed by atoms with Gasteiger partial charge in [-0.25, -0.2) is 4.98 Å². The molecule has 7 heteroatoms. The number of hydrogen-bond donors (Lipinski definition) is 1. The second kappa shape index (κ2) is 6.16. The van der Waals surface area contributed by atoms with Crippen LogP contribution in [0.1, 0.15) is 33.4 Å². The predicted molar refractivity (Wildman–Crippen MR) is 91.8 cm³/mol. The van der Waals surface area contributed by atoms with Crippen molar-refractivity contribution in [3.63, 3.8) is 0 Å². The highest BCUT2D eigenvalue weighted by molar-refractivity contribution is 7.17. The van der Waals surface area contributed by atoms with Crippen molar-refractivity contribution in [2.75, 3.05) is 0 Å². The molecule has 0 bridgehead atoms. The van der Waals surface area contributed by atoms with E-state index in [0.29, 0.717) is 11.4 Å².